The maximum Gasteiger partial charge on any atom is 0.264 e. The van der Waals surface area contributed by atoms with E-state index in [1.165, 1.54) is 37.3 Å². The average molecular weight is 739 g/mol. The lowest BCUT2D eigenvalue weighted by Gasteiger charge is -2.35. The molecule has 1 atom stereocenters. The molecule has 4 aromatic carbocycles. The first-order valence-electron chi connectivity index (χ1n) is 16.5. The van der Waals surface area contributed by atoms with Gasteiger partial charge >= 0.3 is 0 Å². The Kier molecular flexibility index (Phi) is 12.7. The number of carbonyl (C=O) groups is 2. The number of hydrogen-bond acceptors (Lipinski definition) is 6. The molecule has 0 saturated heterocycles. The van der Waals surface area contributed by atoms with Gasteiger partial charge in [-0.05, 0) is 54.8 Å². The van der Waals surface area contributed by atoms with Gasteiger partial charge in [0.1, 0.15) is 24.1 Å². The molecular weight excluding hydrogens is 697 g/mol. The third-order valence-corrected chi connectivity index (χ3v) is 11.4. The maximum absolute atomic E-state index is 14.9. The molecule has 12 heteroatoms. The summed E-state index contributed by atoms with van der Waals surface area (Å²) in [7, 11) is -1.49. The minimum Gasteiger partial charge on any atom is -0.497 e. The number of sulfonamides is 1. The van der Waals surface area contributed by atoms with Crippen LogP contribution >= 0.6 is 23.2 Å². The molecule has 0 radical (unpaired) electrons. The van der Waals surface area contributed by atoms with Gasteiger partial charge in [0.05, 0.1) is 24.8 Å². The molecule has 0 bridgehead atoms. The zero-order chi connectivity index (χ0) is 35.7. The number of rotatable bonds is 14. The fraction of sp³-hybridized carbons (Fsp3) is 0.316. The summed E-state index contributed by atoms with van der Waals surface area (Å²) in [6.45, 7) is -0.827. The van der Waals surface area contributed by atoms with E-state index in [1.54, 1.807) is 48.5 Å². The third-order valence-electron chi connectivity index (χ3n) is 8.88. The van der Waals surface area contributed by atoms with Crippen LogP contribution in [0, 0.1) is 0 Å². The predicted octanol–water partition coefficient (Wildman–Crippen LogP) is 7.29. The van der Waals surface area contributed by atoms with Crippen molar-refractivity contribution in [3.63, 3.8) is 0 Å². The third kappa shape index (κ3) is 8.91. The lowest BCUT2D eigenvalue weighted by molar-refractivity contribution is -0.140. The Hall–Kier alpha value is -4.25. The first kappa shape index (κ1) is 37.0. The standard InChI is InChI=1S/C38H41Cl2N3O6S/c1-48-29-21-22-36(49-2)34(24-29)43(50(46,47)30-17-10-5-11-18-30)26-37(44)42(25-31-32(39)19-12-20-33(31)40)35(23-27-13-6-3-7-14-27)38(45)41-28-15-8-4-9-16-28/h3,5-7,10-14,17-22,24,28,35H,4,8-9,15-16,23,25-26H2,1-2H3,(H,41,45). The molecule has 0 heterocycles. The number of anilines is 1. The number of carbonyl (C=O) groups excluding carboxylic acids is 2. The van der Waals surface area contributed by atoms with Crippen LogP contribution in [0.25, 0.3) is 0 Å². The molecule has 0 aromatic heterocycles. The van der Waals surface area contributed by atoms with Crippen molar-refractivity contribution in [1.29, 1.82) is 0 Å². The van der Waals surface area contributed by atoms with Crippen molar-refractivity contribution >= 4 is 50.7 Å². The monoisotopic (exact) mass is 737 g/mol. The molecule has 5 rings (SSSR count). The van der Waals surface area contributed by atoms with Crippen molar-refractivity contribution < 1.29 is 27.5 Å². The zero-order valence-corrected chi connectivity index (χ0v) is 30.4. The van der Waals surface area contributed by atoms with E-state index in [0.29, 0.717) is 21.4 Å². The van der Waals surface area contributed by atoms with E-state index in [0.717, 1.165) is 42.0 Å². The van der Waals surface area contributed by atoms with Crippen LogP contribution in [0.15, 0.2) is 102 Å². The van der Waals surface area contributed by atoms with Crippen molar-refractivity contribution in [2.45, 2.75) is 62.0 Å². The van der Waals surface area contributed by atoms with E-state index in [4.69, 9.17) is 32.7 Å². The van der Waals surface area contributed by atoms with E-state index in [1.807, 2.05) is 30.3 Å². The van der Waals surface area contributed by atoms with Gasteiger partial charge in [-0.25, -0.2) is 8.42 Å². The highest BCUT2D eigenvalue weighted by Crippen LogP contribution is 2.36. The van der Waals surface area contributed by atoms with E-state index < -0.39 is 28.5 Å². The largest absolute Gasteiger partial charge is 0.497 e. The second-order valence-electron chi connectivity index (χ2n) is 12.1. The summed E-state index contributed by atoms with van der Waals surface area (Å²) in [5, 5.41) is 3.82. The van der Waals surface area contributed by atoms with Gasteiger partial charge in [-0.15, -0.1) is 0 Å². The lowest BCUT2D eigenvalue weighted by Crippen LogP contribution is -2.55. The van der Waals surface area contributed by atoms with Crippen LogP contribution < -0.4 is 19.1 Å². The zero-order valence-electron chi connectivity index (χ0n) is 28.1. The molecule has 4 aromatic rings. The first-order valence-corrected chi connectivity index (χ1v) is 18.7. The van der Waals surface area contributed by atoms with Crippen molar-refractivity contribution in [2.75, 3.05) is 25.1 Å². The van der Waals surface area contributed by atoms with Crippen LogP contribution in [0.1, 0.15) is 43.2 Å². The maximum atomic E-state index is 14.9. The topological polar surface area (TPSA) is 105 Å². The molecule has 264 valence electrons. The van der Waals surface area contributed by atoms with Crippen LogP contribution in [0.5, 0.6) is 11.5 Å². The van der Waals surface area contributed by atoms with Crippen LogP contribution in [0.2, 0.25) is 10.0 Å². The second kappa shape index (κ2) is 17.1. The number of hydrogen-bond donors (Lipinski definition) is 1. The SMILES string of the molecule is COc1ccc(OC)c(N(CC(=O)N(Cc2c(Cl)cccc2Cl)C(Cc2ccccc2)C(=O)NC2CCCCC2)S(=O)(=O)c2ccccc2)c1. The number of nitrogens with zero attached hydrogens (tertiary/aromatic N) is 2. The smallest absolute Gasteiger partial charge is 0.264 e. The highest BCUT2D eigenvalue weighted by atomic mass is 35.5. The fourth-order valence-electron chi connectivity index (χ4n) is 6.18. The van der Waals surface area contributed by atoms with Crippen molar-refractivity contribution in [3.05, 3.63) is 118 Å². The molecule has 1 unspecified atom stereocenters. The Morgan fingerprint density at radius 1 is 0.840 bits per heavy atom. The molecule has 1 saturated carbocycles. The predicted molar refractivity (Wildman–Crippen MR) is 196 cm³/mol. The van der Waals surface area contributed by atoms with Gasteiger partial charge in [-0.2, -0.15) is 0 Å². The highest BCUT2D eigenvalue weighted by molar-refractivity contribution is 7.92. The fourth-order valence-corrected chi connectivity index (χ4v) is 8.13. The van der Waals surface area contributed by atoms with E-state index in [-0.39, 0.29) is 41.2 Å². The van der Waals surface area contributed by atoms with E-state index >= 15 is 0 Å². The molecule has 1 aliphatic rings. The Balaban J connectivity index is 1.63. The summed E-state index contributed by atoms with van der Waals surface area (Å²) in [5.41, 5.74) is 1.35. The summed E-state index contributed by atoms with van der Waals surface area (Å²) in [4.78, 5) is 30.6. The van der Waals surface area contributed by atoms with Crippen LogP contribution in [0.3, 0.4) is 0 Å². The van der Waals surface area contributed by atoms with Gasteiger partial charge in [0.25, 0.3) is 10.0 Å². The minimum absolute atomic E-state index is 0.0331. The van der Waals surface area contributed by atoms with Gasteiger partial charge in [-0.1, -0.05) is 97.1 Å². The Labute approximate surface area is 304 Å². The van der Waals surface area contributed by atoms with Crippen LogP contribution in [-0.4, -0.2) is 58.0 Å². The summed E-state index contributed by atoms with van der Waals surface area (Å²) in [5.74, 6) is -0.427. The number of benzene rings is 4. The summed E-state index contributed by atoms with van der Waals surface area (Å²) >= 11 is 13.3. The quantitative estimate of drug-likeness (QED) is 0.146. The first-order chi connectivity index (χ1) is 24.1. The summed E-state index contributed by atoms with van der Waals surface area (Å²) < 4.78 is 40.9. The highest BCUT2D eigenvalue weighted by Gasteiger charge is 2.37. The van der Waals surface area contributed by atoms with E-state index in [9.17, 15) is 18.0 Å². The summed E-state index contributed by atoms with van der Waals surface area (Å²) in [6.07, 6.45) is 4.96. The van der Waals surface area contributed by atoms with Gasteiger partial charge in [0.15, 0.2) is 0 Å². The van der Waals surface area contributed by atoms with Crippen LogP contribution in [-0.2, 0) is 32.6 Å². The number of halogens is 2. The molecule has 0 aliphatic heterocycles. The average Bonchev–Trinajstić information content (AvgIpc) is 3.13. The molecule has 2 amide bonds. The van der Waals surface area contributed by atoms with Crippen molar-refractivity contribution in [1.82, 2.24) is 10.2 Å². The van der Waals surface area contributed by atoms with Gasteiger partial charge in [-0.3, -0.25) is 13.9 Å². The molecule has 0 spiro atoms. The number of ether oxygens (including phenoxy) is 2. The van der Waals surface area contributed by atoms with Crippen molar-refractivity contribution in [3.8, 4) is 11.5 Å². The molecule has 1 aliphatic carbocycles. The Bertz CT molecular complexity index is 1850. The minimum atomic E-state index is -4.36. The Morgan fingerprint density at radius 2 is 1.48 bits per heavy atom. The normalized spacial score (nSPS) is 14.0. The number of methoxy groups -OCH3 is 2. The molecule has 9 nitrogen and oxygen atoms in total. The van der Waals surface area contributed by atoms with Crippen LogP contribution in [0.4, 0.5) is 5.69 Å². The molecular formula is C38H41Cl2N3O6S. The van der Waals surface area contributed by atoms with Gasteiger partial charge in [0.2, 0.25) is 11.8 Å². The molecule has 1 fully saturated rings. The Morgan fingerprint density at radius 3 is 2.10 bits per heavy atom. The second-order valence-corrected chi connectivity index (χ2v) is 14.8. The van der Waals surface area contributed by atoms with Gasteiger partial charge < -0.3 is 19.7 Å². The molecule has 1 N–H and O–H groups in total. The van der Waals surface area contributed by atoms with Gasteiger partial charge in [0, 0.05) is 40.7 Å². The summed E-state index contributed by atoms with van der Waals surface area (Å²) in [6, 6.07) is 25.9. The lowest BCUT2D eigenvalue weighted by atomic mass is 9.94. The van der Waals surface area contributed by atoms with E-state index in [2.05, 4.69) is 5.32 Å². The molecule has 50 heavy (non-hydrogen) atoms. The number of nitrogens with one attached hydrogen (secondary N) is 1. The van der Waals surface area contributed by atoms with Crippen molar-refractivity contribution in [2.24, 2.45) is 0 Å². The number of amides is 2.